The average Bonchev–Trinajstić information content (AvgIpc) is 2.17. The maximum Gasteiger partial charge on any atom is 0.307 e. The maximum atomic E-state index is 10.7. The third kappa shape index (κ3) is 4.51. The highest BCUT2D eigenvalue weighted by Crippen LogP contribution is 2.14. The first-order valence-electron chi connectivity index (χ1n) is 4.81. The van der Waals surface area contributed by atoms with E-state index in [-0.39, 0.29) is 5.97 Å². The molecule has 0 aromatic carbocycles. The molecule has 0 saturated carbocycles. The molecule has 1 aliphatic carbocycles. The molecule has 0 radical (unpaired) electrons. The van der Waals surface area contributed by atoms with Crippen LogP contribution in [-0.2, 0) is 9.53 Å². The highest BCUT2D eigenvalue weighted by Gasteiger charge is 2.02. The highest BCUT2D eigenvalue weighted by atomic mass is 16.5. The van der Waals surface area contributed by atoms with Crippen LogP contribution < -0.4 is 0 Å². The van der Waals surface area contributed by atoms with E-state index < -0.39 is 0 Å². The van der Waals surface area contributed by atoms with E-state index >= 15 is 0 Å². The second-order valence-electron chi connectivity index (χ2n) is 3.21. The number of allylic oxidation sites excluding steroid dienone is 4. The molecule has 0 aromatic heterocycles. The van der Waals surface area contributed by atoms with Gasteiger partial charge in [-0.25, -0.2) is 0 Å². The molecule has 0 amide bonds. The summed E-state index contributed by atoms with van der Waals surface area (Å²) >= 11 is 0. The van der Waals surface area contributed by atoms with Crippen molar-refractivity contribution in [3.63, 3.8) is 0 Å². The van der Waals surface area contributed by atoms with Crippen molar-refractivity contribution >= 4 is 5.97 Å². The topological polar surface area (TPSA) is 26.3 Å². The van der Waals surface area contributed by atoms with Gasteiger partial charge in [-0.15, -0.1) is 0 Å². The van der Waals surface area contributed by atoms with Crippen molar-refractivity contribution in [3.05, 3.63) is 24.0 Å². The minimum atomic E-state index is -0.210. The van der Waals surface area contributed by atoms with Crippen LogP contribution >= 0.6 is 0 Å². The van der Waals surface area contributed by atoms with Gasteiger partial charge in [-0.05, 0) is 31.8 Å². The van der Waals surface area contributed by atoms with Crippen molar-refractivity contribution in [2.24, 2.45) is 0 Å². The lowest BCUT2D eigenvalue weighted by molar-refractivity contribution is -0.137. The Bertz CT molecular complexity index is 226. The SMILES string of the molecule is CC(=O)O/C1=C/CC/C=C\CCC1. The lowest BCUT2D eigenvalue weighted by atomic mass is 10.2. The van der Waals surface area contributed by atoms with Crippen LogP contribution in [0.1, 0.15) is 39.0 Å². The molecule has 1 aliphatic rings. The van der Waals surface area contributed by atoms with E-state index in [0.717, 1.165) is 37.9 Å². The zero-order valence-corrected chi connectivity index (χ0v) is 8.08. The van der Waals surface area contributed by atoms with Gasteiger partial charge >= 0.3 is 5.97 Å². The van der Waals surface area contributed by atoms with Gasteiger partial charge in [0.25, 0.3) is 0 Å². The fraction of sp³-hybridized carbons (Fsp3) is 0.545. The minimum absolute atomic E-state index is 0.210. The van der Waals surface area contributed by atoms with E-state index in [1.54, 1.807) is 0 Å². The number of hydrogen-bond donors (Lipinski definition) is 0. The van der Waals surface area contributed by atoms with Crippen LogP contribution in [0.5, 0.6) is 0 Å². The molecular formula is C11H16O2. The monoisotopic (exact) mass is 180 g/mol. The Morgan fingerprint density at radius 3 is 2.85 bits per heavy atom. The molecule has 13 heavy (non-hydrogen) atoms. The molecular weight excluding hydrogens is 164 g/mol. The maximum absolute atomic E-state index is 10.7. The van der Waals surface area contributed by atoms with Crippen molar-refractivity contribution in [1.82, 2.24) is 0 Å². The first-order chi connectivity index (χ1) is 6.29. The van der Waals surface area contributed by atoms with Crippen LogP contribution in [0, 0.1) is 0 Å². The predicted octanol–water partition coefficient (Wildman–Crippen LogP) is 2.95. The minimum Gasteiger partial charge on any atom is -0.432 e. The van der Waals surface area contributed by atoms with Gasteiger partial charge in [-0.3, -0.25) is 4.79 Å². The van der Waals surface area contributed by atoms with Crippen LogP contribution in [0.25, 0.3) is 0 Å². The Morgan fingerprint density at radius 2 is 2.08 bits per heavy atom. The third-order valence-corrected chi connectivity index (χ3v) is 1.94. The number of carbonyl (C=O) groups excluding carboxylic acids is 1. The summed E-state index contributed by atoms with van der Waals surface area (Å²) < 4.78 is 5.08. The predicted molar refractivity (Wildman–Crippen MR) is 52.1 cm³/mol. The van der Waals surface area contributed by atoms with Gasteiger partial charge < -0.3 is 4.74 Å². The summed E-state index contributed by atoms with van der Waals surface area (Å²) in [5.74, 6) is 0.634. The molecule has 0 atom stereocenters. The summed E-state index contributed by atoms with van der Waals surface area (Å²) in [6, 6.07) is 0. The molecule has 0 saturated heterocycles. The largest absolute Gasteiger partial charge is 0.432 e. The van der Waals surface area contributed by atoms with Crippen molar-refractivity contribution < 1.29 is 9.53 Å². The summed E-state index contributed by atoms with van der Waals surface area (Å²) in [6.45, 7) is 1.45. The summed E-state index contributed by atoms with van der Waals surface area (Å²) in [5, 5.41) is 0. The van der Waals surface area contributed by atoms with Crippen LogP contribution in [0.15, 0.2) is 24.0 Å². The van der Waals surface area contributed by atoms with Gasteiger partial charge in [-0.1, -0.05) is 12.2 Å². The van der Waals surface area contributed by atoms with Crippen molar-refractivity contribution in [2.75, 3.05) is 0 Å². The Balaban J connectivity index is 2.46. The van der Waals surface area contributed by atoms with E-state index in [2.05, 4.69) is 12.2 Å². The molecule has 0 bridgehead atoms. The Labute approximate surface area is 79.3 Å². The fourth-order valence-electron chi connectivity index (χ4n) is 1.35. The van der Waals surface area contributed by atoms with Gasteiger partial charge in [0.2, 0.25) is 0 Å². The molecule has 0 N–H and O–H groups in total. The van der Waals surface area contributed by atoms with Crippen LogP contribution in [-0.4, -0.2) is 5.97 Å². The molecule has 0 fully saturated rings. The fourth-order valence-corrected chi connectivity index (χ4v) is 1.35. The van der Waals surface area contributed by atoms with Gasteiger partial charge in [0.1, 0.15) is 5.76 Å². The number of rotatable bonds is 1. The number of carbonyl (C=O) groups is 1. The first kappa shape index (κ1) is 10.0. The first-order valence-corrected chi connectivity index (χ1v) is 4.81. The van der Waals surface area contributed by atoms with Crippen molar-refractivity contribution in [2.45, 2.75) is 39.0 Å². The van der Waals surface area contributed by atoms with Crippen molar-refractivity contribution in [3.8, 4) is 0 Å². The standard InChI is InChI=1S/C11H16O2/c1-10(12)13-11-8-6-4-2-3-5-7-9-11/h2-3,8H,4-7,9H2,1H3/b3-2-,11-8+. The molecule has 1 rings (SSSR count). The molecule has 2 heteroatoms. The lowest BCUT2D eigenvalue weighted by Crippen LogP contribution is -1.98. The number of ether oxygens (including phenoxy) is 1. The van der Waals surface area contributed by atoms with Crippen LogP contribution in [0.2, 0.25) is 0 Å². The van der Waals surface area contributed by atoms with Gasteiger partial charge in [0.15, 0.2) is 0 Å². The Kier molecular flexibility index (Phi) is 4.30. The summed E-state index contributed by atoms with van der Waals surface area (Å²) in [6.07, 6.45) is 11.5. The van der Waals surface area contributed by atoms with Gasteiger partial charge in [-0.2, -0.15) is 0 Å². The van der Waals surface area contributed by atoms with E-state index in [1.807, 2.05) is 6.08 Å². The molecule has 0 unspecified atom stereocenters. The highest BCUT2D eigenvalue weighted by molar-refractivity contribution is 5.67. The number of esters is 1. The molecule has 0 heterocycles. The lowest BCUT2D eigenvalue weighted by Gasteiger charge is -2.05. The van der Waals surface area contributed by atoms with E-state index in [9.17, 15) is 4.79 Å². The molecule has 2 nitrogen and oxygen atoms in total. The molecule has 0 aliphatic heterocycles. The molecule has 0 spiro atoms. The zero-order valence-electron chi connectivity index (χ0n) is 8.08. The van der Waals surface area contributed by atoms with E-state index in [4.69, 9.17) is 4.74 Å². The summed E-state index contributed by atoms with van der Waals surface area (Å²) in [4.78, 5) is 10.7. The molecule has 72 valence electrons. The van der Waals surface area contributed by atoms with Crippen LogP contribution in [0.3, 0.4) is 0 Å². The second-order valence-corrected chi connectivity index (χ2v) is 3.21. The quantitative estimate of drug-likeness (QED) is 0.458. The van der Waals surface area contributed by atoms with Gasteiger partial charge in [0, 0.05) is 13.3 Å². The summed E-state index contributed by atoms with van der Waals surface area (Å²) in [7, 11) is 0. The average molecular weight is 180 g/mol. The van der Waals surface area contributed by atoms with Gasteiger partial charge in [0.05, 0.1) is 0 Å². The van der Waals surface area contributed by atoms with E-state index in [0.29, 0.717) is 0 Å². The van der Waals surface area contributed by atoms with E-state index in [1.165, 1.54) is 6.92 Å². The zero-order chi connectivity index (χ0) is 9.52. The Morgan fingerprint density at radius 1 is 1.31 bits per heavy atom. The van der Waals surface area contributed by atoms with Crippen LogP contribution in [0.4, 0.5) is 0 Å². The Hall–Kier alpha value is -1.05. The smallest absolute Gasteiger partial charge is 0.307 e. The number of hydrogen-bond acceptors (Lipinski definition) is 2. The third-order valence-electron chi connectivity index (χ3n) is 1.94. The second kappa shape index (κ2) is 5.57. The molecule has 0 aromatic rings. The van der Waals surface area contributed by atoms with Crippen molar-refractivity contribution in [1.29, 1.82) is 0 Å². The normalized spacial score (nSPS) is 24.5. The summed E-state index contributed by atoms with van der Waals surface area (Å²) in [5.41, 5.74) is 0.